The molecule has 1 aliphatic heterocycles. The Bertz CT molecular complexity index is 1080. The number of hydrogen-bond donors (Lipinski definition) is 2. The predicted molar refractivity (Wildman–Crippen MR) is 135 cm³/mol. The first-order valence-corrected chi connectivity index (χ1v) is 13.7. The summed E-state index contributed by atoms with van der Waals surface area (Å²) in [6.45, 7) is 2.60. The highest BCUT2D eigenvalue weighted by Gasteiger charge is 2.35. The lowest BCUT2D eigenvalue weighted by Crippen LogP contribution is -2.54. The number of hydrogen-bond acceptors (Lipinski definition) is 6. The van der Waals surface area contributed by atoms with Gasteiger partial charge in [-0.1, -0.05) is 6.07 Å². The van der Waals surface area contributed by atoms with Gasteiger partial charge in [-0.05, 0) is 55.2 Å². The number of piperazine rings is 1. The van der Waals surface area contributed by atoms with Crippen LogP contribution in [0.25, 0.3) is 0 Å². The summed E-state index contributed by atoms with van der Waals surface area (Å²) in [6.07, 6.45) is 6.18. The van der Waals surface area contributed by atoms with Crippen LogP contribution in [0.2, 0.25) is 0 Å². The second-order valence-electron chi connectivity index (χ2n) is 8.89. The smallest absolute Gasteiger partial charge is 0.319 e. The monoisotopic (exact) mass is 521 g/mol. The van der Waals surface area contributed by atoms with Crippen LogP contribution < -0.4 is 10.6 Å². The number of aromatic nitrogens is 1. The van der Waals surface area contributed by atoms with Gasteiger partial charge in [0.2, 0.25) is 10.0 Å². The van der Waals surface area contributed by atoms with Crippen LogP contribution in [0, 0.1) is 0 Å². The summed E-state index contributed by atoms with van der Waals surface area (Å²) in [5, 5.41) is 5.51. The fourth-order valence-corrected chi connectivity index (χ4v) is 6.43. The Labute approximate surface area is 211 Å². The molecule has 1 aliphatic carbocycles. The van der Waals surface area contributed by atoms with Gasteiger partial charge in [-0.15, -0.1) is 11.6 Å². The summed E-state index contributed by atoms with van der Waals surface area (Å²) in [5.74, 6) is 0. The standard InChI is InChI=1S/C24H32ClN5O4S/c1-34-23-15-20(6-9-22(23)25)29-11-13-30(14-12-29)35(32,33)21-7-4-19(5-8-21)28-24(31)27-17-18-3-2-10-26-16-18/h2-5,7-8,10,16,20,22-23H,6,9,11-15,17H2,1H3,(H2,27,28,31). The van der Waals surface area contributed by atoms with Crippen LogP contribution in [0.15, 0.2) is 53.7 Å². The van der Waals surface area contributed by atoms with E-state index < -0.39 is 10.0 Å². The first-order chi connectivity index (χ1) is 16.9. The quantitative estimate of drug-likeness (QED) is 0.543. The summed E-state index contributed by atoms with van der Waals surface area (Å²) < 4.78 is 33.4. The summed E-state index contributed by atoms with van der Waals surface area (Å²) in [4.78, 5) is 18.7. The molecular weight excluding hydrogens is 490 g/mol. The van der Waals surface area contributed by atoms with Gasteiger partial charge in [-0.3, -0.25) is 9.88 Å². The fraction of sp³-hybridized carbons (Fsp3) is 0.500. The van der Waals surface area contributed by atoms with Crippen molar-refractivity contribution in [2.45, 2.75) is 48.2 Å². The molecular formula is C24H32ClN5O4S. The highest BCUT2D eigenvalue weighted by molar-refractivity contribution is 7.89. The average molecular weight is 522 g/mol. The fourth-order valence-electron chi connectivity index (χ4n) is 4.68. The van der Waals surface area contributed by atoms with Crippen LogP contribution in [-0.2, 0) is 21.3 Å². The van der Waals surface area contributed by atoms with E-state index in [9.17, 15) is 13.2 Å². The number of rotatable bonds is 7. The molecule has 1 aromatic heterocycles. The van der Waals surface area contributed by atoms with Crippen molar-refractivity contribution in [3.8, 4) is 0 Å². The highest BCUT2D eigenvalue weighted by atomic mass is 35.5. The first kappa shape index (κ1) is 25.8. The van der Waals surface area contributed by atoms with Gasteiger partial charge in [0, 0.05) is 64.0 Å². The number of urea groups is 1. The van der Waals surface area contributed by atoms with Crippen LogP contribution >= 0.6 is 11.6 Å². The Morgan fingerprint density at radius 2 is 1.89 bits per heavy atom. The van der Waals surface area contributed by atoms with Gasteiger partial charge in [0.15, 0.2) is 0 Å². The van der Waals surface area contributed by atoms with E-state index in [0.717, 1.165) is 24.8 Å². The topological polar surface area (TPSA) is 104 Å². The number of methoxy groups -OCH3 is 1. The molecule has 0 spiro atoms. The van der Waals surface area contributed by atoms with Gasteiger partial charge < -0.3 is 15.4 Å². The number of pyridine rings is 1. The lowest BCUT2D eigenvalue weighted by atomic mass is 9.91. The summed E-state index contributed by atoms with van der Waals surface area (Å²) in [5.41, 5.74) is 1.40. The molecule has 0 radical (unpaired) electrons. The molecule has 11 heteroatoms. The van der Waals surface area contributed by atoms with E-state index in [1.54, 1.807) is 37.7 Å². The van der Waals surface area contributed by atoms with Gasteiger partial charge in [0.05, 0.1) is 16.4 Å². The van der Waals surface area contributed by atoms with Crippen molar-refractivity contribution in [3.05, 3.63) is 54.4 Å². The van der Waals surface area contributed by atoms with Crippen molar-refractivity contribution >= 4 is 33.3 Å². The van der Waals surface area contributed by atoms with E-state index in [0.29, 0.717) is 44.5 Å². The zero-order valence-corrected chi connectivity index (χ0v) is 21.3. The van der Waals surface area contributed by atoms with E-state index in [1.807, 2.05) is 6.07 Å². The predicted octanol–water partition coefficient (Wildman–Crippen LogP) is 2.88. The lowest BCUT2D eigenvalue weighted by Gasteiger charge is -2.42. The molecule has 1 saturated carbocycles. The summed E-state index contributed by atoms with van der Waals surface area (Å²) >= 11 is 6.36. The number of ether oxygens (including phenoxy) is 1. The third-order valence-electron chi connectivity index (χ3n) is 6.70. The van der Waals surface area contributed by atoms with Crippen molar-refractivity contribution in [2.24, 2.45) is 0 Å². The lowest BCUT2D eigenvalue weighted by molar-refractivity contribution is 0.0219. The van der Waals surface area contributed by atoms with Crippen molar-refractivity contribution in [1.82, 2.24) is 19.5 Å². The maximum Gasteiger partial charge on any atom is 0.319 e. The molecule has 1 saturated heterocycles. The summed E-state index contributed by atoms with van der Waals surface area (Å²) in [7, 11) is -1.91. The second-order valence-corrected chi connectivity index (χ2v) is 11.4. The average Bonchev–Trinajstić information content (AvgIpc) is 2.89. The molecule has 35 heavy (non-hydrogen) atoms. The molecule has 2 fully saturated rings. The zero-order chi connectivity index (χ0) is 24.8. The number of amides is 2. The van der Waals surface area contributed by atoms with E-state index in [-0.39, 0.29) is 22.4 Å². The molecule has 2 heterocycles. The van der Waals surface area contributed by atoms with Crippen molar-refractivity contribution in [1.29, 1.82) is 0 Å². The van der Waals surface area contributed by atoms with E-state index in [1.165, 1.54) is 16.4 Å². The van der Waals surface area contributed by atoms with Gasteiger partial charge in [-0.25, -0.2) is 13.2 Å². The first-order valence-electron chi connectivity index (χ1n) is 11.8. The number of nitrogens with one attached hydrogen (secondary N) is 2. The second kappa shape index (κ2) is 11.7. The van der Waals surface area contributed by atoms with Crippen LogP contribution in [0.3, 0.4) is 0 Å². The zero-order valence-electron chi connectivity index (χ0n) is 19.8. The third kappa shape index (κ3) is 6.50. The molecule has 0 bridgehead atoms. The third-order valence-corrected chi connectivity index (χ3v) is 9.11. The number of benzene rings is 1. The van der Waals surface area contributed by atoms with Crippen LogP contribution in [0.5, 0.6) is 0 Å². The number of carbonyl (C=O) groups excluding carboxylic acids is 1. The number of halogens is 1. The van der Waals surface area contributed by atoms with Gasteiger partial charge in [0.1, 0.15) is 0 Å². The van der Waals surface area contributed by atoms with Crippen LogP contribution in [0.1, 0.15) is 24.8 Å². The highest BCUT2D eigenvalue weighted by Crippen LogP contribution is 2.30. The molecule has 9 nitrogen and oxygen atoms in total. The molecule has 3 unspecified atom stereocenters. The molecule has 2 amide bonds. The van der Waals surface area contributed by atoms with Crippen LogP contribution in [-0.4, -0.2) is 79.4 Å². The van der Waals surface area contributed by atoms with E-state index in [2.05, 4.69) is 20.5 Å². The number of anilines is 1. The normalized spacial score (nSPS) is 24.1. The Morgan fingerprint density at radius 3 is 2.54 bits per heavy atom. The Morgan fingerprint density at radius 1 is 1.14 bits per heavy atom. The molecule has 190 valence electrons. The molecule has 2 N–H and O–H groups in total. The molecule has 2 aliphatic rings. The Balaban J connectivity index is 1.28. The minimum atomic E-state index is -3.61. The van der Waals surface area contributed by atoms with Gasteiger partial charge in [-0.2, -0.15) is 4.31 Å². The molecule has 2 aromatic rings. The van der Waals surface area contributed by atoms with Gasteiger partial charge >= 0.3 is 6.03 Å². The molecule has 1 aromatic carbocycles. The Kier molecular flexibility index (Phi) is 8.61. The van der Waals surface area contributed by atoms with Crippen molar-refractivity contribution in [2.75, 3.05) is 38.6 Å². The number of alkyl halides is 1. The Hall–Kier alpha value is -2.24. The van der Waals surface area contributed by atoms with Crippen molar-refractivity contribution in [3.63, 3.8) is 0 Å². The van der Waals surface area contributed by atoms with Crippen LogP contribution in [0.4, 0.5) is 10.5 Å². The largest absolute Gasteiger partial charge is 0.380 e. The van der Waals surface area contributed by atoms with Crippen molar-refractivity contribution < 1.29 is 17.9 Å². The van der Waals surface area contributed by atoms with E-state index in [4.69, 9.17) is 16.3 Å². The van der Waals surface area contributed by atoms with Gasteiger partial charge in [0.25, 0.3) is 0 Å². The summed E-state index contributed by atoms with van der Waals surface area (Å²) in [6, 6.07) is 9.93. The number of nitrogens with zero attached hydrogens (tertiary/aromatic N) is 3. The molecule has 3 atom stereocenters. The maximum absolute atomic E-state index is 13.2. The number of sulfonamides is 1. The number of carbonyl (C=O) groups is 1. The maximum atomic E-state index is 13.2. The minimum absolute atomic E-state index is 0.0433. The van der Waals surface area contributed by atoms with E-state index >= 15 is 0 Å². The minimum Gasteiger partial charge on any atom is -0.380 e. The SMILES string of the molecule is COC1CC(N2CCN(S(=O)(=O)c3ccc(NC(=O)NCc4cccnc4)cc3)CC2)CCC1Cl. The molecule has 4 rings (SSSR count).